The van der Waals surface area contributed by atoms with Crippen LogP contribution in [0, 0.1) is 6.92 Å². The van der Waals surface area contributed by atoms with E-state index in [-0.39, 0.29) is 5.91 Å². The highest BCUT2D eigenvalue weighted by Gasteiger charge is 2.19. The number of aryl methyl sites for hydroxylation is 1. The van der Waals surface area contributed by atoms with Gasteiger partial charge in [-0.15, -0.1) is 0 Å². The molecule has 16 heavy (non-hydrogen) atoms. The largest absolute Gasteiger partial charge is 0.339 e. The van der Waals surface area contributed by atoms with Crippen molar-refractivity contribution >= 4 is 5.91 Å². The molecule has 88 valence electrons. The summed E-state index contributed by atoms with van der Waals surface area (Å²) in [4.78, 5) is 17.9. The van der Waals surface area contributed by atoms with E-state index >= 15 is 0 Å². The molecular formula is C13H20N2O. The number of rotatable bonds is 1. The molecule has 0 atom stereocenters. The Balaban J connectivity index is 0.000000606. The van der Waals surface area contributed by atoms with Crippen LogP contribution >= 0.6 is 0 Å². The van der Waals surface area contributed by atoms with Crippen LogP contribution in [0.5, 0.6) is 0 Å². The van der Waals surface area contributed by atoms with Gasteiger partial charge in [0, 0.05) is 30.5 Å². The SMILES string of the molecule is CC.Cc1cc(C(=O)N2CCCC2)ccn1. The van der Waals surface area contributed by atoms with Crippen LogP contribution in [0.25, 0.3) is 0 Å². The molecule has 2 rings (SSSR count). The van der Waals surface area contributed by atoms with E-state index in [0.717, 1.165) is 37.2 Å². The highest BCUT2D eigenvalue weighted by molar-refractivity contribution is 5.94. The molecule has 0 saturated carbocycles. The Morgan fingerprint density at radius 3 is 2.50 bits per heavy atom. The molecule has 0 aliphatic carbocycles. The minimum absolute atomic E-state index is 0.146. The summed E-state index contributed by atoms with van der Waals surface area (Å²) in [5, 5.41) is 0. The molecule has 0 spiro atoms. The zero-order valence-corrected chi connectivity index (χ0v) is 10.4. The number of carbonyl (C=O) groups excluding carboxylic acids is 1. The molecule has 1 aliphatic heterocycles. The van der Waals surface area contributed by atoms with E-state index in [9.17, 15) is 4.79 Å². The molecule has 0 bridgehead atoms. The monoisotopic (exact) mass is 220 g/mol. The Bertz CT molecular complexity index is 344. The molecule has 2 heterocycles. The number of nitrogens with zero attached hydrogens (tertiary/aromatic N) is 2. The fraction of sp³-hybridized carbons (Fsp3) is 0.538. The van der Waals surface area contributed by atoms with E-state index in [1.54, 1.807) is 12.3 Å². The summed E-state index contributed by atoms with van der Waals surface area (Å²) in [5.74, 6) is 0.146. The van der Waals surface area contributed by atoms with Crippen molar-refractivity contribution in [3.8, 4) is 0 Å². The van der Waals surface area contributed by atoms with Gasteiger partial charge in [0.25, 0.3) is 5.91 Å². The van der Waals surface area contributed by atoms with Crippen molar-refractivity contribution in [3.63, 3.8) is 0 Å². The topological polar surface area (TPSA) is 33.2 Å². The van der Waals surface area contributed by atoms with Crippen LogP contribution in [-0.2, 0) is 0 Å². The van der Waals surface area contributed by atoms with Crippen molar-refractivity contribution in [1.82, 2.24) is 9.88 Å². The molecule has 1 aromatic rings. The van der Waals surface area contributed by atoms with Gasteiger partial charge < -0.3 is 4.90 Å². The van der Waals surface area contributed by atoms with Gasteiger partial charge in [0.05, 0.1) is 0 Å². The highest BCUT2D eigenvalue weighted by Crippen LogP contribution is 2.12. The summed E-state index contributed by atoms with van der Waals surface area (Å²) in [6.07, 6.45) is 3.96. The zero-order chi connectivity index (χ0) is 12.0. The molecule has 1 amide bonds. The fourth-order valence-corrected chi connectivity index (χ4v) is 1.78. The summed E-state index contributed by atoms with van der Waals surface area (Å²) in [7, 11) is 0. The van der Waals surface area contributed by atoms with E-state index in [1.165, 1.54) is 0 Å². The van der Waals surface area contributed by atoms with E-state index < -0.39 is 0 Å². The summed E-state index contributed by atoms with van der Waals surface area (Å²) in [6, 6.07) is 3.63. The average molecular weight is 220 g/mol. The van der Waals surface area contributed by atoms with Crippen molar-refractivity contribution in [2.45, 2.75) is 33.6 Å². The van der Waals surface area contributed by atoms with Crippen LogP contribution in [0.15, 0.2) is 18.3 Å². The van der Waals surface area contributed by atoms with Crippen molar-refractivity contribution < 1.29 is 4.79 Å². The molecule has 3 heteroatoms. The number of amides is 1. The summed E-state index contributed by atoms with van der Waals surface area (Å²) in [5.41, 5.74) is 1.66. The van der Waals surface area contributed by atoms with Crippen molar-refractivity contribution in [2.75, 3.05) is 13.1 Å². The van der Waals surface area contributed by atoms with E-state index in [2.05, 4.69) is 4.98 Å². The smallest absolute Gasteiger partial charge is 0.253 e. The Kier molecular flexibility index (Phi) is 4.96. The quantitative estimate of drug-likeness (QED) is 0.729. The summed E-state index contributed by atoms with van der Waals surface area (Å²) < 4.78 is 0. The molecule has 0 radical (unpaired) electrons. The number of hydrogen-bond acceptors (Lipinski definition) is 2. The maximum Gasteiger partial charge on any atom is 0.253 e. The number of carbonyl (C=O) groups is 1. The van der Waals surface area contributed by atoms with Gasteiger partial charge in [-0.2, -0.15) is 0 Å². The molecule has 1 aromatic heterocycles. The molecular weight excluding hydrogens is 200 g/mol. The van der Waals surface area contributed by atoms with Gasteiger partial charge >= 0.3 is 0 Å². The fourth-order valence-electron chi connectivity index (χ4n) is 1.78. The highest BCUT2D eigenvalue weighted by atomic mass is 16.2. The lowest BCUT2D eigenvalue weighted by molar-refractivity contribution is 0.0792. The lowest BCUT2D eigenvalue weighted by Crippen LogP contribution is -2.27. The molecule has 1 saturated heterocycles. The van der Waals surface area contributed by atoms with Gasteiger partial charge in [-0.05, 0) is 31.9 Å². The van der Waals surface area contributed by atoms with E-state index in [0.29, 0.717) is 0 Å². The van der Waals surface area contributed by atoms with Gasteiger partial charge in [-0.3, -0.25) is 9.78 Å². The minimum Gasteiger partial charge on any atom is -0.339 e. The average Bonchev–Trinajstić information content (AvgIpc) is 2.84. The van der Waals surface area contributed by atoms with Gasteiger partial charge in [0.2, 0.25) is 0 Å². The second-order valence-electron chi connectivity index (χ2n) is 3.69. The van der Waals surface area contributed by atoms with Crippen molar-refractivity contribution in [3.05, 3.63) is 29.6 Å². The predicted molar refractivity (Wildman–Crippen MR) is 65.5 cm³/mol. The van der Waals surface area contributed by atoms with Crippen LogP contribution in [0.2, 0.25) is 0 Å². The summed E-state index contributed by atoms with van der Waals surface area (Å²) in [6.45, 7) is 7.71. The maximum absolute atomic E-state index is 11.9. The number of likely N-dealkylation sites (tertiary alicyclic amines) is 1. The second kappa shape index (κ2) is 6.26. The number of hydrogen-bond donors (Lipinski definition) is 0. The Morgan fingerprint density at radius 2 is 1.94 bits per heavy atom. The molecule has 1 fully saturated rings. The van der Waals surface area contributed by atoms with Crippen molar-refractivity contribution in [2.24, 2.45) is 0 Å². The van der Waals surface area contributed by atoms with Gasteiger partial charge in [0.1, 0.15) is 0 Å². The Morgan fingerprint density at radius 1 is 1.31 bits per heavy atom. The molecule has 0 aromatic carbocycles. The summed E-state index contributed by atoms with van der Waals surface area (Å²) >= 11 is 0. The second-order valence-corrected chi connectivity index (χ2v) is 3.69. The van der Waals surface area contributed by atoms with Crippen molar-refractivity contribution in [1.29, 1.82) is 0 Å². The predicted octanol–water partition coefficient (Wildman–Crippen LogP) is 2.65. The first-order valence-corrected chi connectivity index (χ1v) is 5.99. The lowest BCUT2D eigenvalue weighted by atomic mass is 10.2. The van der Waals surface area contributed by atoms with Crippen LogP contribution in [0.4, 0.5) is 0 Å². The first-order valence-electron chi connectivity index (χ1n) is 5.99. The zero-order valence-electron chi connectivity index (χ0n) is 10.4. The normalized spacial score (nSPS) is 14.3. The first-order chi connectivity index (χ1) is 7.77. The number of aromatic nitrogens is 1. The third-order valence-electron chi connectivity index (χ3n) is 2.54. The molecule has 0 N–H and O–H groups in total. The lowest BCUT2D eigenvalue weighted by Gasteiger charge is -2.14. The van der Waals surface area contributed by atoms with Gasteiger partial charge in [-0.1, -0.05) is 13.8 Å². The Labute approximate surface area is 97.5 Å². The maximum atomic E-state index is 11.9. The standard InChI is InChI=1S/C11H14N2O.C2H6/c1-9-8-10(4-5-12-9)11(14)13-6-2-3-7-13;1-2/h4-5,8H,2-3,6-7H2,1H3;1-2H3. The Hall–Kier alpha value is -1.38. The molecule has 3 nitrogen and oxygen atoms in total. The first kappa shape index (κ1) is 12.7. The third-order valence-corrected chi connectivity index (χ3v) is 2.54. The third kappa shape index (κ3) is 3.05. The molecule has 1 aliphatic rings. The van der Waals surface area contributed by atoms with E-state index in [4.69, 9.17) is 0 Å². The molecule has 0 unspecified atom stereocenters. The minimum atomic E-state index is 0.146. The van der Waals surface area contributed by atoms with Gasteiger partial charge in [-0.25, -0.2) is 0 Å². The van der Waals surface area contributed by atoms with Gasteiger partial charge in [0.15, 0.2) is 0 Å². The van der Waals surface area contributed by atoms with Crippen LogP contribution in [0.1, 0.15) is 42.7 Å². The number of pyridine rings is 1. The van der Waals surface area contributed by atoms with E-state index in [1.807, 2.05) is 31.7 Å². The van der Waals surface area contributed by atoms with Crippen LogP contribution in [-0.4, -0.2) is 28.9 Å². The van der Waals surface area contributed by atoms with Crippen LogP contribution in [0.3, 0.4) is 0 Å². The van der Waals surface area contributed by atoms with Crippen LogP contribution < -0.4 is 0 Å².